The Kier molecular flexibility index (Phi) is 5.57. The Hall–Kier alpha value is -3.33. The van der Waals surface area contributed by atoms with Crippen molar-refractivity contribution in [1.82, 2.24) is 25.1 Å². The second-order valence-electron chi connectivity index (χ2n) is 8.50. The van der Waals surface area contributed by atoms with Crippen LogP contribution in [0.3, 0.4) is 0 Å². The van der Waals surface area contributed by atoms with Crippen LogP contribution in [-0.2, 0) is 9.53 Å². The van der Waals surface area contributed by atoms with Crippen LogP contribution in [-0.4, -0.2) is 56.9 Å². The van der Waals surface area contributed by atoms with Crippen LogP contribution in [0.5, 0.6) is 0 Å². The van der Waals surface area contributed by atoms with Gasteiger partial charge in [-0.05, 0) is 50.7 Å². The predicted molar refractivity (Wildman–Crippen MR) is 121 cm³/mol. The van der Waals surface area contributed by atoms with Crippen LogP contribution in [0.15, 0.2) is 30.7 Å². The summed E-state index contributed by atoms with van der Waals surface area (Å²) in [5, 5.41) is 10.8. The predicted octanol–water partition coefficient (Wildman–Crippen LogP) is 3.20. The van der Waals surface area contributed by atoms with Gasteiger partial charge in [-0.15, -0.1) is 10.2 Å². The highest BCUT2D eigenvalue weighted by atomic mass is 16.5. The maximum absolute atomic E-state index is 12.5. The van der Waals surface area contributed by atoms with Crippen molar-refractivity contribution in [3.63, 3.8) is 0 Å². The Morgan fingerprint density at radius 3 is 2.84 bits per heavy atom. The third-order valence-corrected chi connectivity index (χ3v) is 6.43. The topological polar surface area (TPSA) is 109 Å². The maximum atomic E-state index is 12.5. The van der Waals surface area contributed by atoms with E-state index in [4.69, 9.17) is 9.72 Å². The third-order valence-electron chi connectivity index (χ3n) is 6.43. The fourth-order valence-corrected chi connectivity index (χ4v) is 4.44. The lowest BCUT2D eigenvalue weighted by atomic mass is 9.96. The highest BCUT2D eigenvalue weighted by Gasteiger charge is 2.32. The second kappa shape index (κ2) is 8.66. The van der Waals surface area contributed by atoms with E-state index >= 15 is 0 Å². The zero-order chi connectivity index (χ0) is 22.1. The summed E-state index contributed by atoms with van der Waals surface area (Å²) in [5.41, 5.74) is 3.81. The van der Waals surface area contributed by atoms with Crippen LogP contribution in [0.1, 0.15) is 31.7 Å². The van der Waals surface area contributed by atoms with Crippen molar-refractivity contribution in [3.05, 3.63) is 36.3 Å². The summed E-state index contributed by atoms with van der Waals surface area (Å²) in [6, 6.07) is 5.80. The normalized spacial score (nSPS) is 19.0. The molecular formula is C23H27N7O2. The fraction of sp³-hybridized carbons (Fsp3) is 0.435. The molecule has 1 aromatic carbocycles. The van der Waals surface area contributed by atoms with Gasteiger partial charge in [-0.1, -0.05) is 12.1 Å². The summed E-state index contributed by atoms with van der Waals surface area (Å²) in [6.07, 6.45) is 6.45. The van der Waals surface area contributed by atoms with Gasteiger partial charge < -0.3 is 19.9 Å². The van der Waals surface area contributed by atoms with Crippen molar-refractivity contribution in [2.45, 2.75) is 39.2 Å². The van der Waals surface area contributed by atoms with Crippen molar-refractivity contribution in [3.8, 4) is 22.6 Å². The molecule has 0 bridgehead atoms. The number of carbonyl (C=O) groups is 1. The molecule has 9 nitrogen and oxygen atoms in total. The van der Waals surface area contributed by atoms with Crippen LogP contribution in [0.25, 0.3) is 22.6 Å². The van der Waals surface area contributed by atoms with E-state index in [0.717, 1.165) is 73.0 Å². The first-order chi connectivity index (χ1) is 15.6. The number of nitrogens with one attached hydrogen (secondary N) is 2. The smallest absolute Gasteiger partial charge is 0.248 e. The highest BCUT2D eigenvalue weighted by Crippen LogP contribution is 2.33. The van der Waals surface area contributed by atoms with Crippen molar-refractivity contribution in [2.75, 3.05) is 30.0 Å². The lowest BCUT2D eigenvalue weighted by Crippen LogP contribution is -2.48. The number of rotatable bonds is 5. The summed E-state index contributed by atoms with van der Waals surface area (Å²) in [7, 11) is 0. The summed E-state index contributed by atoms with van der Waals surface area (Å²) >= 11 is 0. The number of hydrogen-bond acceptors (Lipinski definition) is 7. The fourth-order valence-electron chi connectivity index (χ4n) is 4.44. The molecule has 32 heavy (non-hydrogen) atoms. The molecule has 1 amide bonds. The summed E-state index contributed by atoms with van der Waals surface area (Å²) in [5.74, 6) is 2.57. The number of aryl methyl sites for hydroxylation is 1. The molecule has 1 unspecified atom stereocenters. The number of anilines is 2. The molecule has 0 aliphatic carbocycles. The molecule has 1 atom stereocenters. The van der Waals surface area contributed by atoms with E-state index < -0.39 is 0 Å². The number of ether oxygens (including phenoxy) is 1. The molecule has 2 aliphatic rings. The van der Waals surface area contributed by atoms with Crippen molar-refractivity contribution in [2.24, 2.45) is 5.92 Å². The van der Waals surface area contributed by atoms with Gasteiger partial charge in [-0.25, -0.2) is 9.97 Å². The van der Waals surface area contributed by atoms with E-state index in [9.17, 15) is 4.79 Å². The SMILES string of the molecule is Cc1cc(-c2nnc[nH]2)ccc1-c1cnc2c(n1)N(CCC1CCOCC1)C(C)C(=O)N2. The molecular weight excluding hydrogens is 406 g/mol. The van der Waals surface area contributed by atoms with Crippen LogP contribution in [0.2, 0.25) is 0 Å². The Balaban J connectivity index is 1.44. The number of aromatic amines is 1. The maximum Gasteiger partial charge on any atom is 0.248 e. The van der Waals surface area contributed by atoms with Crippen LogP contribution in [0.4, 0.5) is 11.6 Å². The molecule has 0 spiro atoms. The van der Waals surface area contributed by atoms with Crippen LogP contribution in [0, 0.1) is 12.8 Å². The summed E-state index contributed by atoms with van der Waals surface area (Å²) in [4.78, 5) is 27.2. The van der Waals surface area contributed by atoms with E-state index in [2.05, 4.69) is 36.4 Å². The molecule has 2 N–H and O–H groups in total. The van der Waals surface area contributed by atoms with Gasteiger partial charge in [0.25, 0.3) is 0 Å². The monoisotopic (exact) mass is 433 g/mol. The quantitative estimate of drug-likeness (QED) is 0.636. The number of nitrogens with zero attached hydrogens (tertiary/aromatic N) is 5. The van der Waals surface area contributed by atoms with Crippen molar-refractivity contribution < 1.29 is 9.53 Å². The summed E-state index contributed by atoms with van der Waals surface area (Å²) < 4.78 is 5.48. The average Bonchev–Trinajstić information content (AvgIpc) is 3.35. The number of benzene rings is 1. The van der Waals surface area contributed by atoms with E-state index in [1.807, 2.05) is 26.0 Å². The molecule has 9 heteroatoms. The number of amides is 1. The largest absolute Gasteiger partial charge is 0.381 e. The van der Waals surface area contributed by atoms with Crippen LogP contribution < -0.4 is 10.2 Å². The molecule has 2 aromatic heterocycles. The first kappa shape index (κ1) is 20.6. The zero-order valence-corrected chi connectivity index (χ0v) is 18.3. The standard InChI is InChI=1S/C23H27N7O2/c1-14-11-17(20-25-13-26-29-20)3-4-18(14)19-12-24-21-22(27-19)30(15(2)23(31)28-21)8-5-16-6-9-32-10-7-16/h3-4,11-13,15-16H,5-10H2,1-2H3,(H,24,28,31)(H,25,26,29). The zero-order valence-electron chi connectivity index (χ0n) is 18.3. The highest BCUT2D eigenvalue weighted by molar-refractivity contribution is 6.01. The minimum Gasteiger partial charge on any atom is -0.381 e. The third kappa shape index (κ3) is 3.95. The van der Waals surface area contributed by atoms with Crippen molar-refractivity contribution >= 4 is 17.5 Å². The molecule has 0 saturated carbocycles. The summed E-state index contributed by atoms with van der Waals surface area (Å²) in [6.45, 7) is 6.39. The van der Waals surface area contributed by atoms with Gasteiger partial charge in [0.15, 0.2) is 17.5 Å². The van der Waals surface area contributed by atoms with Crippen molar-refractivity contribution in [1.29, 1.82) is 0 Å². The molecule has 5 rings (SSSR count). The first-order valence-corrected chi connectivity index (χ1v) is 11.1. The average molecular weight is 434 g/mol. The molecule has 3 aromatic rings. The number of H-pyrrole nitrogens is 1. The Labute approximate surface area is 186 Å². The van der Waals surface area contributed by atoms with E-state index in [1.54, 1.807) is 12.5 Å². The molecule has 166 valence electrons. The van der Waals surface area contributed by atoms with Gasteiger partial charge in [-0.2, -0.15) is 0 Å². The molecule has 0 radical (unpaired) electrons. The Bertz CT molecular complexity index is 1110. The Morgan fingerprint density at radius 1 is 1.25 bits per heavy atom. The van der Waals surface area contributed by atoms with Gasteiger partial charge >= 0.3 is 0 Å². The van der Waals surface area contributed by atoms with E-state index in [0.29, 0.717) is 11.7 Å². The molecule has 4 heterocycles. The number of fused-ring (bicyclic) bond motifs is 1. The second-order valence-corrected chi connectivity index (χ2v) is 8.50. The number of aromatic nitrogens is 5. The van der Waals surface area contributed by atoms with Gasteiger partial charge in [-0.3, -0.25) is 4.79 Å². The number of carbonyl (C=O) groups excluding carboxylic acids is 1. The molecule has 1 fully saturated rings. The van der Waals surface area contributed by atoms with Gasteiger partial charge in [0.05, 0.1) is 11.9 Å². The van der Waals surface area contributed by atoms with Gasteiger partial charge in [0.1, 0.15) is 12.4 Å². The van der Waals surface area contributed by atoms with E-state index in [1.165, 1.54) is 0 Å². The minimum atomic E-state index is -0.290. The number of hydrogen-bond donors (Lipinski definition) is 2. The van der Waals surface area contributed by atoms with Gasteiger partial charge in [0, 0.05) is 30.9 Å². The Morgan fingerprint density at radius 2 is 2.09 bits per heavy atom. The van der Waals surface area contributed by atoms with Gasteiger partial charge in [0.2, 0.25) is 5.91 Å². The molecule has 2 aliphatic heterocycles. The molecule has 1 saturated heterocycles. The minimum absolute atomic E-state index is 0.0425. The first-order valence-electron chi connectivity index (χ1n) is 11.1. The van der Waals surface area contributed by atoms with E-state index in [-0.39, 0.29) is 11.9 Å². The van der Waals surface area contributed by atoms with Crippen LogP contribution >= 0.6 is 0 Å². The lowest BCUT2D eigenvalue weighted by molar-refractivity contribution is -0.117. The lowest BCUT2D eigenvalue weighted by Gasteiger charge is -2.36.